The van der Waals surface area contributed by atoms with Gasteiger partial charge in [-0.25, -0.2) is 0 Å². The van der Waals surface area contributed by atoms with Crippen LogP contribution in [0.3, 0.4) is 0 Å². The van der Waals surface area contributed by atoms with Crippen LogP contribution in [-0.2, 0) is 0 Å². The standard InChI is InChI=1S/C12H18Ge/c1-13(2,3)11-7-10-8-4-5-9(6-8)12(10)11/h4-5,7-10,12H,6H2,1-3H3. The van der Waals surface area contributed by atoms with Gasteiger partial charge in [0.2, 0.25) is 0 Å². The van der Waals surface area contributed by atoms with Crippen LogP contribution in [0.25, 0.3) is 0 Å². The molecule has 1 fully saturated rings. The van der Waals surface area contributed by atoms with Gasteiger partial charge in [0.1, 0.15) is 0 Å². The second kappa shape index (κ2) is 2.33. The fourth-order valence-electron chi connectivity index (χ4n) is 3.48. The summed E-state index contributed by atoms with van der Waals surface area (Å²) in [6.45, 7) is 0. The van der Waals surface area contributed by atoms with Gasteiger partial charge in [-0.3, -0.25) is 0 Å². The molecule has 0 amide bonds. The number of hydrogen-bond acceptors (Lipinski definition) is 0. The Kier molecular flexibility index (Phi) is 1.50. The molecule has 0 nitrogen and oxygen atoms in total. The predicted molar refractivity (Wildman–Crippen MR) is 59.1 cm³/mol. The zero-order valence-corrected chi connectivity index (χ0v) is 10.8. The van der Waals surface area contributed by atoms with Crippen molar-refractivity contribution < 1.29 is 0 Å². The van der Waals surface area contributed by atoms with E-state index in [1.807, 2.05) is 4.41 Å². The Morgan fingerprint density at radius 3 is 2.46 bits per heavy atom. The molecular weight excluding hydrogens is 217 g/mol. The molecule has 13 heavy (non-hydrogen) atoms. The van der Waals surface area contributed by atoms with Gasteiger partial charge in [-0.15, -0.1) is 0 Å². The monoisotopic (exact) mass is 236 g/mol. The Hall–Kier alpha value is 0.0229. The van der Waals surface area contributed by atoms with Crippen molar-refractivity contribution in [3.05, 3.63) is 22.6 Å². The summed E-state index contributed by atoms with van der Waals surface area (Å²) in [5, 5.41) is 0. The minimum absolute atomic E-state index is 0.934. The summed E-state index contributed by atoms with van der Waals surface area (Å²) >= 11 is -1.46. The van der Waals surface area contributed by atoms with E-state index < -0.39 is 13.3 Å². The minimum atomic E-state index is -1.46. The molecule has 0 radical (unpaired) electrons. The maximum atomic E-state index is 2.64. The van der Waals surface area contributed by atoms with Crippen molar-refractivity contribution in [2.45, 2.75) is 23.7 Å². The molecule has 0 aromatic carbocycles. The SMILES string of the molecule is [CH3][Ge]([CH3])([CH3])[C]1=CC2C3C=CC(C3)C12. The van der Waals surface area contributed by atoms with Crippen LogP contribution in [0.2, 0.25) is 17.3 Å². The van der Waals surface area contributed by atoms with Crippen molar-refractivity contribution >= 4 is 13.3 Å². The molecule has 70 valence electrons. The Morgan fingerprint density at radius 2 is 1.85 bits per heavy atom. The molecule has 1 heteroatoms. The third-order valence-corrected chi connectivity index (χ3v) is 8.80. The van der Waals surface area contributed by atoms with Gasteiger partial charge in [0.25, 0.3) is 0 Å². The van der Waals surface area contributed by atoms with Crippen LogP contribution in [0.4, 0.5) is 0 Å². The van der Waals surface area contributed by atoms with Crippen LogP contribution in [0.1, 0.15) is 6.42 Å². The summed E-state index contributed by atoms with van der Waals surface area (Å²) in [4.78, 5) is 0. The molecule has 3 aliphatic rings. The van der Waals surface area contributed by atoms with Crippen LogP contribution < -0.4 is 0 Å². The van der Waals surface area contributed by atoms with Crippen molar-refractivity contribution in [3.63, 3.8) is 0 Å². The molecule has 4 atom stereocenters. The molecule has 3 rings (SSSR count). The average Bonchev–Trinajstić information content (AvgIpc) is 2.37. The van der Waals surface area contributed by atoms with Gasteiger partial charge in [-0.1, -0.05) is 0 Å². The van der Waals surface area contributed by atoms with Crippen molar-refractivity contribution in [1.82, 2.24) is 0 Å². The molecule has 2 bridgehead atoms. The summed E-state index contributed by atoms with van der Waals surface area (Å²) in [5.41, 5.74) is 0. The topological polar surface area (TPSA) is 0 Å². The molecule has 0 heterocycles. The van der Waals surface area contributed by atoms with Gasteiger partial charge < -0.3 is 0 Å². The second-order valence-corrected chi connectivity index (χ2v) is 16.6. The summed E-state index contributed by atoms with van der Waals surface area (Å²) in [5.74, 6) is 11.5. The maximum absolute atomic E-state index is 2.64. The van der Waals surface area contributed by atoms with Crippen molar-refractivity contribution in [2.75, 3.05) is 0 Å². The normalized spacial score (nSPS) is 45.9. The first-order valence-corrected chi connectivity index (χ1v) is 12.8. The molecule has 0 aliphatic heterocycles. The van der Waals surface area contributed by atoms with E-state index in [1.165, 1.54) is 6.42 Å². The first kappa shape index (κ1) is 8.34. The third-order valence-electron chi connectivity index (χ3n) is 4.12. The summed E-state index contributed by atoms with van der Waals surface area (Å²) < 4.78 is 1.92. The Labute approximate surface area is 83.5 Å². The summed E-state index contributed by atoms with van der Waals surface area (Å²) in [7, 11) is 0. The quantitative estimate of drug-likeness (QED) is 0.483. The molecule has 0 spiro atoms. The van der Waals surface area contributed by atoms with Gasteiger partial charge in [0.05, 0.1) is 0 Å². The van der Waals surface area contributed by atoms with E-state index in [9.17, 15) is 0 Å². The van der Waals surface area contributed by atoms with Crippen molar-refractivity contribution in [1.29, 1.82) is 0 Å². The van der Waals surface area contributed by atoms with Gasteiger partial charge in [0.15, 0.2) is 0 Å². The van der Waals surface area contributed by atoms with Gasteiger partial charge >= 0.3 is 83.3 Å². The van der Waals surface area contributed by atoms with E-state index >= 15 is 0 Å². The number of allylic oxidation sites excluding steroid dienone is 4. The van der Waals surface area contributed by atoms with Crippen LogP contribution in [0.15, 0.2) is 22.6 Å². The van der Waals surface area contributed by atoms with E-state index in [2.05, 4.69) is 35.5 Å². The Morgan fingerprint density at radius 1 is 1.15 bits per heavy atom. The Bertz CT molecular complexity index is 306. The van der Waals surface area contributed by atoms with E-state index in [-0.39, 0.29) is 0 Å². The molecular formula is C12H18Ge. The molecule has 0 saturated heterocycles. The van der Waals surface area contributed by atoms with Crippen molar-refractivity contribution in [2.24, 2.45) is 23.7 Å². The molecule has 3 aliphatic carbocycles. The van der Waals surface area contributed by atoms with Crippen LogP contribution in [0, 0.1) is 23.7 Å². The molecule has 1 saturated carbocycles. The zero-order valence-electron chi connectivity index (χ0n) is 8.75. The number of fused-ring (bicyclic) bond motifs is 5. The molecule has 0 aromatic rings. The first-order valence-electron chi connectivity index (χ1n) is 5.48. The second-order valence-electron chi connectivity index (χ2n) is 5.92. The number of hydrogen-bond donors (Lipinski definition) is 0. The third kappa shape index (κ3) is 0.985. The summed E-state index contributed by atoms with van der Waals surface area (Å²) in [6.07, 6.45) is 9.06. The van der Waals surface area contributed by atoms with Gasteiger partial charge in [-0.05, 0) is 0 Å². The van der Waals surface area contributed by atoms with E-state index in [4.69, 9.17) is 0 Å². The van der Waals surface area contributed by atoms with Crippen LogP contribution >= 0.6 is 0 Å². The fourth-order valence-corrected chi connectivity index (χ4v) is 7.88. The Balaban J connectivity index is 1.92. The average molecular weight is 235 g/mol. The van der Waals surface area contributed by atoms with Crippen LogP contribution in [-0.4, -0.2) is 13.3 Å². The number of rotatable bonds is 1. The molecule has 4 unspecified atom stereocenters. The van der Waals surface area contributed by atoms with E-state index in [0.717, 1.165) is 23.7 Å². The predicted octanol–water partition coefficient (Wildman–Crippen LogP) is 3.24. The summed E-state index contributed by atoms with van der Waals surface area (Å²) in [6, 6.07) is 0. The van der Waals surface area contributed by atoms with Crippen molar-refractivity contribution in [3.8, 4) is 0 Å². The fraction of sp³-hybridized carbons (Fsp3) is 0.667. The molecule has 0 aromatic heterocycles. The van der Waals surface area contributed by atoms with Gasteiger partial charge in [-0.2, -0.15) is 0 Å². The first-order chi connectivity index (χ1) is 6.07. The van der Waals surface area contributed by atoms with E-state index in [0.29, 0.717) is 0 Å². The van der Waals surface area contributed by atoms with Crippen LogP contribution in [0.5, 0.6) is 0 Å². The van der Waals surface area contributed by atoms with E-state index in [1.54, 1.807) is 0 Å². The van der Waals surface area contributed by atoms with Gasteiger partial charge in [0, 0.05) is 0 Å². The zero-order chi connectivity index (χ0) is 9.22. The molecule has 0 N–H and O–H groups in total.